The molecule has 0 aliphatic carbocycles. The van der Waals surface area contributed by atoms with Crippen molar-refractivity contribution in [2.45, 2.75) is 4.90 Å². The summed E-state index contributed by atoms with van der Waals surface area (Å²) >= 11 is 0. The van der Waals surface area contributed by atoms with Crippen LogP contribution in [-0.4, -0.2) is 53.2 Å². The Balaban J connectivity index is 1.79. The summed E-state index contributed by atoms with van der Waals surface area (Å²) in [5.74, 6) is -0.753. The smallest absolute Gasteiger partial charge is 0.321 e. The second-order valence-corrected chi connectivity index (χ2v) is 7.81. The molecule has 168 valence electrons. The van der Waals surface area contributed by atoms with E-state index >= 15 is 0 Å². The van der Waals surface area contributed by atoms with Gasteiger partial charge in [0, 0.05) is 18.8 Å². The van der Waals surface area contributed by atoms with Gasteiger partial charge in [0.15, 0.2) is 5.82 Å². The van der Waals surface area contributed by atoms with Gasteiger partial charge in [-0.05, 0) is 24.3 Å². The fraction of sp³-hybridized carbons (Fsp3) is 0.176. The highest BCUT2D eigenvalue weighted by molar-refractivity contribution is 7.92. The van der Waals surface area contributed by atoms with Crippen LogP contribution < -0.4 is 19.5 Å². The van der Waals surface area contributed by atoms with Gasteiger partial charge in [0.25, 0.3) is 15.9 Å². The van der Waals surface area contributed by atoms with Crippen molar-refractivity contribution in [3.8, 4) is 11.9 Å². The van der Waals surface area contributed by atoms with Crippen LogP contribution >= 0.6 is 0 Å². The van der Waals surface area contributed by atoms with Gasteiger partial charge in [0.05, 0.1) is 24.0 Å². The average Bonchev–Trinajstić information content (AvgIpc) is 3.15. The Morgan fingerprint density at radius 2 is 1.84 bits per heavy atom. The number of anilines is 2. The van der Waals surface area contributed by atoms with Crippen molar-refractivity contribution in [3.05, 3.63) is 52.3 Å². The van der Waals surface area contributed by atoms with Gasteiger partial charge >= 0.3 is 11.7 Å². The number of hydrogen-bond acceptors (Lipinski definition) is 10. The van der Waals surface area contributed by atoms with Gasteiger partial charge in [0.1, 0.15) is 6.20 Å². The number of ether oxygens (including phenoxy) is 2. The Kier molecular flexibility index (Phi) is 6.20. The lowest BCUT2D eigenvalue weighted by Gasteiger charge is -2.10. The second kappa shape index (κ2) is 8.84. The maximum absolute atomic E-state index is 12.7. The third kappa shape index (κ3) is 4.72. The Morgan fingerprint density at radius 3 is 2.44 bits per heavy atom. The van der Waals surface area contributed by atoms with Crippen molar-refractivity contribution in [2.24, 2.45) is 7.05 Å². The van der Waals surface area contributed by atoms with E-state index in [0.717, 1.165) is 10.9 Å². The van der Waals surface area contributed by atoms with Crippen molar-refractivity contribution in [1.82, 2.24) is 19.7 Å². The van der Waals surface area contributed by atoms with Crippen molar-refractivity contribution >= 4 is 33.1 Å². The molecule has 0 fully saturated rings. The minimum atomic E-state index is -4.04. The van der Waals surface area contributed by atoms with Crippen LogP contribution in [0, 0.1) is 10.1 Å². The lowest BCUT2D eigenvalue weighted by molar-refractivity contribution is -0.385. The van der Waals surface area contributed by atoms with Gasteiger partial charge in [-0.2, -0.15) is 15.1 Å². The standard InChI is InChI=1S/C17H17N7O7S/c1-23-15(12(9-18-23)24(26)27)16(25)19-10-4-6-11(7-5-10)32(28,29)22-13-8-14(30-2)21-17(20-13)31-3/h4-9H,1-3H3,(H,19,25)(H,20,21,22). The summed E-state index contributed by atoms with van der Waals surface area (Å²) < 4.78 is 38.6. The SMILES string of the molecule is COc1cc(NS(=O)(=O)c2ccc(NC(=O)c3c([N+](=O)[O-])cnn3C)cc2)nc(OC)n1. The largest absolute Gasteiger partial charge is 0.481 e. The summed E-state index contributed by atoms with van der Waals surface area (Å²) in [6.07, 6.45) is 0.966. The minimum Gasteiger partial charge on any atom is -0.481 e. The molecule has 1 amide bonds. The number of hydrogen-bond donors (Lipinski definition) is 2. The summed E-state index contributed by atoms with van der Waals surface area (Å²) in [4.78, 5) is 30.4. The van der Waals surface area contributed by atoms with Gasteiger partial charge in [-0.25, -0.2) is 8.42 Å². The van der Waals surface area contributed by atoms with E-state index in [-0.39, 0.29) is 34.0 Å². The number of benzene rings is 1. The molecule has 15 heteroatoms. The zero-order valence-electron chi connectivity index (χ0n) is 17.0. The molecule has 2 heterocycles. The minimum absolute atomic E-state index is 0.0744. The molecule has 3 rings (SSSR count). The second-order valence-electron chi connectivity index (χ2n) is 6.13. The number of amides is 1. The molecule has 0 aliphatic rings. The van der Waals surface area contributed by atoms with E-state index in [1.165, 1.54) is 51.6 Å². The molecule has 0 saturated heterocycles. The summed E-state index contributed by atoms with van der Waals surface area (Å²) in [6.45, 7) is 0. The molecule has 0 saturated carbocycles. The maximum Gasteiger partial charge on any atom is 0.321 e. The molecule has 32 heavy (non-hydrogen) atoms. The first-order valence-electron chi connectivity index (χ1n) is 8.72. The third-order valence-electron chi connectivity index (χ3n) is 4.07. The predicted molar refractivity (Wildman–Crippen MR) is 110 cm³/mol. The van der Waals surface area contributed by atoms with E-state index < -0.39 is 26.5 Å². The third-order valence-corrected chi connectivity index (χ3v) is 5.44. The number of methoxy groups -OCH3 is 2. The molecule has 0 aliphatic heterocycles. The summed E-state index contributed by atoms with van der Waals surface area (Å²) in [5, 5.41) is 17.2. The van der Waals surface area contributed by atoms with Crippen LogP contribution in [0.2, 0.25) is 0 Å². The van der Waals surface area contributed by atoms with Gasteiger partial charge in [-0.15, -0.1) is 0 Å². The lowest BCUT2D eigenvalue weighted by Crippen LogP contribution is -2.18. The topological polar surface area (TPSA) is 180 Å². The van der Waals surface area contributed by atoms with E-state index in [2.05, 4.69) is 25.1 Å². The highest BCUT2D eigenvalue weighted by Gasteiger charge is 2.25. The molecular weight excluding hydrogens is 446 g/mol. The van der Waals surface area contributed by atoms with Crippen LogP contribution in [0.3, 0.4) is 0 Å². The normalized spacial score (nSPS) is 11.0. The predicted octanol–water partition coefficient (Wildman–Crippen LogP) is 1.19. The molecular formula is C17H17N7O7S. The first-order valence-corrected chi connectivity index (χ1v) is 10.2. The Morgan fingerprint density at radius 1 is 1.16 bits per heavy atom. The molecule has 0 bridgehead atoms. The highest BCUT2D eigenvalue weighted by Crippen LogP contribution is 2.23. The number of aryl methyl sites for hydroxylation is 1. The molecule has 0 unspecified atom stereocenters. The van der Waals surface area contributed by atoms with Crippen molar-refractivity contribution in [2.75, 3.05) is 24.3 Å². The maximum atomic E-state index is 12.7. The number of aromatic nitrogens is 4. The van der Waals surface area contributed by atoms with E-state index in [4.69, 9.17) is 9.47 Å². The zero-order chi connectivity index (χ0) is 23.5. The van der Waals surface area contributed by atoms with Gasteiger partial charge < -0.3 is 14.8 Å². The first-order chi connectivity index (χ1) is 15.1. The van der Waals surface area contributed by atoms with Gasteiger partial charge in [-0.3, -0.25) is 24.3 Å². The van der Waals surface area contributed by atoms with Crippen LogP contribution in [0.25, 0.3) is 0 Å². The molecule has 14 nitrogen and oxygen atoms in total. The van der Waals surface area contributed by atoms with Gasteiger partial charge in [0.2, 0.25) is 11.6 Å². The van der Waals surface area contributed by atoms with Crippen LogP contribution in [-0.2, 0) is 17.1 Å². The van der Waals surface area contributed by atoms with Crippen molar-refractivity contribution < 1.29 is 27.6 Å². The van der Waals surface area contributed by atoms with Crippen LogP contribution in [0.5, 0.6) is 11.9 Å². The number of carbonyl (C=O) groups excluding carboxylic acids is 1. The van der Waals surface area contributed by atoms with E-state index in [1.54, 1.807) is 0 Å². The summed E-state index contributed by atoms with van der Waals surface area (Å²) in [6, 6.07) is 6.32. The number of carbonyl (C=O) groups is 1. The Labute approximate surface area is 181 Å². The van der Waals surface area contributed by atoms with E-state index in [0.29, 0.717) is 0 Å². The monoisotopic (exact) mass is 463 g/mol. The Bertz CT molecular complexity index is 1250. The average molecular weight is 463 g/mol. The number of nitrogens with zero attached hydrogens (tertiary/aromatic N) is 5. The van der Waals surface area contributed by atoms with Gasteiger partial charge in [-0.1, -0.05) is 0 Å². The fourth-order valence-corrected chi connectivity index (χ4v) is 3.57. The van der Waals surface area contributed by atoms with Crippen LogP contribution in [0.1, 0.15) is 10.5 Å². The highest BCUT2D eigenvalue weighted by atomic mass is 32.2. The molecule has 0 atom stereocenters. The molecule has 0 radical (unpaired) electrons. The molecule has 2 N–H and O–H groups in total. The number of rotatable bonds is 8. The lowest BCUT2D eigenvalue weighted by atomic mass is 10.3. The van der Waals surface area contributed by atoms with Crippen molar-refractivity contribution in [3.63, 3.8) is 0 Å². The summed E-state index contributed by atoms with van der Waals surface area (Å²) in [5.41, 5.74) is -0.487. The zero-order valence-corrected chi connectivity index (χ0v) is 17.8. The Hall–Kier alpha value is -4.27. The van der Waals surface area contributed by atoms with E-state index in [9.17, 15) is 23.3 Å². The summed E-state index contributed by atoms with van der Waals surface area (Å²) in [7, 11) is 0.0193. The van der Waals surface area contributed by atoms with E-state index in [1.807, 2.05) is 0 Å². The molecule has 1 aromatic carbocycles. The number of sulfonamides is 1. The van der Waals surface area contributed by atoms with Crippen LogP contribution in [0.4, 0.5) is 17.2 Å². The molecule has 2 aromatic heterocycles. The number of nitrogens with one attached hydrogen (secondary N) is 2. The quantitative estimate of drug-likeness (QED) is 0.364. The molecule has 3 aromatic rings. The van der Waals surface area contributed by atoms with Crippen LogP contribution in [0.15, 0.2) is 41.4 Å². The van der Waals surface area contributed by atoms with Crippen molar-refractivity contribution in [1.29, 1.82) is 0 Å². The fourth-order valence-electron chi connectivity index (χ4n) is 2.58. The number of nitro groups is 1. The first kappa shape index (κ1) is 22.4. The molecule has 0 spiro atoms.